The van der Waals surface area contributed by atoms with E-state index in [0.29, 0.717) is 5.02 Å². The SMILES string of the molecule is O=C(O)C1(c2ccc(Cl)cc2)C=C(C(F)F)n2nccc2N1. The topological polar surface area (TPSA) is 67.1 Å². The molecule has 0 spiro atoms. The second-order valence-corrected chi connectivity index (χ2v) is 5.18. The van der Waals surface area contributed by atoms with Crippen LogP contribution in [-0.4, -0.2) is 27.3 Å². The number of aliphatic carboxylic acids is 1. The molecule has 1 unspecified atom stereocenters. The standard InChI is InChI=1S/C14H10ClF2N3O2/c15-9-3-1-8(2-4-9)14(13(21)22)7-10(12(16)17)20-11(19-14)5-6-18-20/h1-7,12,19H,(H,21,22). The molecule has 1 aromatic carbocycles. The van der Waals surface area contributed by atoms with Gasteiger partial charge in [-0.25, -0.2) is 18.3 Å². The van der Waals surface area contributed by atoms with E-state index in [4.69, 9.17) is 11.6 Å². The maximum absolute atomic E-state index is 13.3. The van der Waals surface area contributed by atoms with Gasteiger partial charge in [-0.2, -0.15) is 5.10 Å². The van der Waals surface area contributed by atoms with E-state index in [1.54, 1.807) is 0 Å². The van der Waals surface area contributed by atoms with Gasteiger partial charge in [-0.3, -0.25) is 0 Å². The molecule has 1 aliphatic heterocycles. The van der Waals surface area contributed by atoms with Gasteiger partial charge in [0.25, 0.3) is 6.43 Å². The Bertz CT molecular complexity index is 758. The molecule has 2 heterocycles. The van der Waals surface area contributed by atoms with Crippen molar-refractivity contribution >= 4 is 29.1 Å². The molecule has 1 aliphatic rings. The summed E-state index contributed by atoms with van der Waals surface area (Å²) in [6.45, 7) is 0. The number of carbonyl (C=O) groups is 1. The van der Waals surface area contributed by atoms with Crippen LogP contribution in [-0.2, 0) is 10.3 Å². The van der Waals surface area contributed by atoms with Crippen molar-refractivity contribution in [3.8, 4) is 0 Å². The number of aromatic nitrogens is 2. The lowest BCUT2D eigenvalue weighted by atomic mass is 9.87. The fourth-order valence-corrected chi connectivity index (χ4v) is 2.51. The lowest BCUT2D eigenvalue weighted by Gasteiger charge is -2.33. The number of halogens is 3. The number of anilines is 1. The van der Waals surface area contributed by atoms with E-state index in [-0.39, 0.29) is 11.4 Å². The normalized spacial score (nSPS) is 20.3. The molecule has 0 radical (unpaired) electrons. The van der Waals surface area contributed by atoms with Crippen LogP contribution in [0.5, 0.6) is 0 Å². The van der Waals surface area contributed by atoms with Crippen molar-refractivity contribution in [1.29, 1.82) is 0 Å². The minimum absolute atomic E-state index is 0.176. The maximum Gasteiger partial charge on any atom is 0.338 e. The highest BCUT2D eigenvalue weighted by Crippen LogP contribution is 2.37. The Morgan fingerprint density at radius 1 is 1.32 bits per heavy atom. The fourth-order valence-electron chi connectivity index (χ4n) is 2.39. The summed E-state index contributed by atoms with van der Waals surface area (Å²) in [6.07, 6.45) is -0.575. The van der Waals surface area contributed by atoms with E-state index in [1.165, 1.54) is 36.5 Å². The van der Waals surface area contributed by atoms with E-state index in [1.807, 2.05) is 0 Å². The molecular formula is C14H10ClF2N3O2. The molecule has 0 saturated carbocycles. The number of hydrogen-bond acceptors (Lipinski definition) is 3. The van der Waals surface area contributed by atoms with Crippen LogP contribution in [0.1, 0.15) is 5.56 Å². The Morgan fingerprint density at radius 2 is 2.00 bits per heavy atom. The molecule has 0 aliphatic carbocycles. The first-order valence-corrected chi connectivity index (χ1v) is 6.65. The predicted octanol–water partition coefficient (Wildman–Crippen LogP) is 3.05. The van der Waals surface area contributed by atoms with Crippen molar-refractivity contribution in [2.75, 3.05) is 5.32 Å². The number of carboxylic acid groups (broad SMARTS) is 1. The fraction of sp³-hybridized carbons (Fsp3) is 0.143. The largest absolute Gasteiger partial charge is 0.479 e. The molecule has 8 heteroatoms. The van der Waals surface area contributed by atoms with Gasteiger partial charge in [0.2, 0.25) is 0 Å². The monoisotopic (exact) mass is 325 g/mol. The van der Waals surface area contributed by atoms with Gasteiger partial charge in [0.15, 0.2) is 5.54 Å². The van der Waals surface area contributed by atoms with Crippen LogP contribution in [0.25, 0.3) is 5.70 Å². The van der Waals surface area contributed by atoms with Crippen LogP contribution in [0.15, 0.2) is 42.6 Å². The van der Waals surface area contributed by atoms with E-state index in [9.17, 15) is 18.7 Å². The van der Waals surface area contributed by atoms with Gasteiger partial charge in [0, 0.05) is 11.1 Å². The van der Waals surface area contributed by atoms with Gasteiger partial charge >= 0.3 is 5.97 Å². The van der Waals surface area contributed by atoms with E-state index in [0.717, 1.165) is 10.8 Å². The number of alkyl halides is 2. The predicted molar refractivity (Wildman–Crippen MR) is 76.9 cm³/mol. The van der Waals surface area contributed by atoms with Crippen LogP contribution >= 0.6 is 11.6 Å². The Kier molecular flexibility index (Phi) is 3.37. The van der Waals surface area contributed by atoms with Crippen molar-refractivity contribution < 1.29 is 18.7 Å². The molecule has 1 atom stereocenters. The Morgan fingerprint density at radius 3 is 2.59 bits per heavy atom. The minimum atomic E-state index is -2.87. The molecule has 0 bridgehead atoms. The maximum atomic E-state index is 13.3. The second-order valence-electron chi connectivity index (χ2n) is 4.74. The molecule has 0 fully saturated rings. The van der Waals surface area contributed by atoms with Crippen molar-refractivity contribution in [3.63, 3.8) is 0 Å². The van der Waals surface area contributed by atoms with Crippen LogP contribution in [0, 0.1) is 0 Å². The first-order chi connectivity index (χ1) is 10.4. The molecule has 0 amide bonds. The average Bonchev–Trinajstić information content (AvgIpc) is 2.94. The zero-order valence-corrected chi connectivity index (χ0v) is 11.8. The molecule has 3 rings (SSSR count). The summed E-state index contributed by atoms with van der Waals surface area (Å²) >= 11 is 5.80. The third-order valence-electron chi connectivity index (χ3n) is 3.44. The summed E-state index contributed by atoms with van der Waals surface area (Å²) in [5.41, 5.74) is -2.02. The first-order valence-electron chi connectivity index (χ1n) is 6.27. The van der Waals surface area contributed by atoms with Crippen molar-refractivity contribution in [1.82, 2.24) is 9.78 Å². The Hall–Kier alpha value is -2.41. The third kappa shape index (κ3) is 2.14. The minimum Gasteiger partial charge on any atom is -0.479 e. The van der Waals surface area contributed by atoms with Gasteiger partial charge in [-0.05, 0) is 23.8 Å². The number of rotatable bonds is 3. The number of hydrogen-bond donors (Lipinski definition) is 2. The van der Waals surface area contributed by atoms with E-state index >= 15 is 0 Å². The lowest BCUT2D eigenvalue weighted by Crippen LogP contribution is -2.45. The molecule has 114 valence electrons. The summed E-state index contributed by atoms with van der Waals surface area (Å²) in [4.78, 5) is 11.8. The van der Waals surface area contributed by atoms with Gasteiger partial charge in [-0.15, -0.1) is 0 Å². The van der Waals surface area contributed by atoms with Gasteiger partial charge in [-0.1, -0.05) is 23.7 Å². The van der Waals surface area contributed by atoms with Crippen LogP contribution in [0.2, 0.25) is 5.02 Å². The summed E-state index contributed by atoms with van der Waals surface area (Å²) in [5, 5.41) is 16.6. The van der Waals surface area contributed by atoms with Crippen LogP contribution < -0.4 is 5.32 Å². The summed E-state index contributed by atoms with van der Waals surface area (Å²) in [7, 11) is 0. The third-order valence-corrected chi connectivity index (χ3v) is 3.69. The van der Waals surface area contributed by atoms with E-state index in [2.05, 4.69) is 10.4 Å². The molecule has 0 saturated heterocycles. The molecule has 1 aromatic heterocycles. The zero-order valence-electron chi connectivity index (χ0n) is 11.0. The number of allylic oxidation sites excluding steroid dienone is 1. The molecule has 2 aromatic rings. The van der Waals surface area contributed by atoms with E-state index < -0.39 is 23.6 Å². The molecule has 5 nitrogen and oxygen atoms in total. The smallest absolute Gasteiger partial charge is 0.338 e. The highest BCUT2D eigenvalue weighted by Gasteiger charge is 2.44. The van der Waals surface area contributed by atoms with Gasteiger partial charge < -0.3 is 10.4 Å². The van der Waals surface area contributed by atoms with Gasteiger partial charge in [0.1, 0.15) is 11.5 Å². The number of nitrogens with one attached hydrogen (secondary N) is 1. The second kappa shape index (κ2) is 5.10. The van der Waals surface area contributed by atoms with Crippen LogP contribution in [0.4, 0.5) is 14.6 Å². The van der Waals surface area contributed by atoms with Crippen molar-refractivity contribution in [2.45, 2.75) is 12.0 Å². The van der Waals surface area contributed by atoms with Crippen molar-refractivity contribution in [3.05, 3.63) is 53.2 Å². The lowest BCUT2D eigenvalue weighted by molar-refractivity contribution is -0.141. The highest BCUT2D eigenvalue weighted by atomic mass is 35.5. The van der Waals surface area contributed by atoms with Gasteiger partial charge in [0.05, 0.1) is 6.20 Å². The Balaban J connectivity index is 2.22. The zero-order chi connectivity index (χ0) is 15.9. The highest BCUT2D eigenvalue weighted by molar-refractivity contribution is 6.30. The summed E-state index contributed by atoms with van der Waals surface area (Å²) < 4.78 is 27.6. The average molecular weight is 326 g/mol. The molecule has 22 heavy (non-hydrogen) atoms. The van der Waals surface area contributed by atoms with Crippen molar-refractivity contribution in [2.24, 2.45) is 0 Å². The number of benzene rings is 1. The summed E-state index contributed by atoms with van der Waals surface area (Å²) in [5.74, 6) is -1.13. The Labute approximate surface area is 128 Å². The number of fused-ring (bicyclic) bond motifs is 1. The number of nitrogens with zero attached hydrogens (tertiary/aromatic N) is 2. The molecule has 2 N–H and O–H groups in total. The quantitative estimate of drug-likeness (QED) is 0.910. The number of carboxylic acids is 1. The first kappa shape index (κ1) is 14.5. The summed E-state index contributed by atoms with van der Waals surface area (Å²) in [6, 6.07) is 7.41. The van der Waals surface area contributed by atoms with Crippen LogP contribution in [0.3, 0.4) is 0 Å². The molecular weight excluding hydrogens is 316 g/mol.